The molecule has 7 heteroatoms. The zero-order valence-corrected chi connectivity index (χ0v) is 15.4. The first-order chi connectivity index (χ1) is 10.8. The van der Waals surface area contributed by atoms with Gasteiger partial charge in [0.25, 0.3) is 5.91 Å². The van der Waals surface area contributed by atoms with Gasteiger partial charge in [-0.2, -0.15) is 0 Å². The Morgan fingerprint density at radius 3 is 2.13 bits per heavy atom. The van der Waals surface area contributed by atoms with E-state index in [-0.39, 0.29) is 17.7 Å². The summed E-state index contributed by atoms with van der Waals surface area (Å²) in [5, 5.41) is 0.775. The molecule has 1 aliphatic rings. The SMILES string of the molecule is CC(C)(CCl)C(=O)N1CCN(C(=O)c2ccc(Cl)c(Cl)c2)CC1. The molecule has 1 aromatic carbocycles. The van der Waals surface area contributed by atoms with E-state index < -0.39 is 5.41 Å². The molecule has 0 aliphatic carbocycles. The lowest BCUT2D eigenvalue weighted by Crippen LogP contribution is -2.53. The van der Waals surface area contributed by atoms with E-state index in [4.69, 9.17) is 34.8 Å². The number of hydrogen-bond donors (Lipinski definition) is 0. The Kier molecular flexibility index (Phi) is 5.82. The summed E-state index contributed by atoms with van der Waals surface area (Å²) >= 11 is 17.7. The van der Waals surface area contributed by atoms with Crippen molar-refractivity contribution in [3.05, 3.63) is 33.8 Å². The van der Waals surface area contributed by atoms with Gasteiger partial charge in [0.15, 0.2) is 0 Å². The summed E-state index contributed by atoms with van der Waals surface area (Å²) in [5.74, 6) is 0.190. The third-order valence-corrected chi connectivity index (χ3v) is 5.34. The fraction of sp³-hybridized carbons (Fsp3) is 0.500. The van der Waals surface area contributed by atoms with Crippen LogP contribution in [-0.2, 0) is 4.79 Å². The highest BCUT2D eigenvalue weighted by Gasteiger charge is 2.33. The lowest BCUT2D eigenvalue weighted by atomic mass is 9.94. The van der Waals surface area contributed by atoms with Crippen molar-refractivity contribution >= 4 is 46.6 Å². The van der Waals surface area contributed by atoms with Crippen LogP contribution < -0.4 is 0 Å². The van der Waals surface area contributed by atoms with Gasteiger partial charge in [-0.1, -0.05) is 23.2 Å². The van der Waals surface area contributed by atoms with Crippen molar-refractivity contribution in [3.8, 4) is 0 Å². The summed E-state index contributed by atoms with van der Waals surface area (Å²) < 4.78 is 0. The predicted octanol–water partition coefficient (Wildman–Crippen LogP) is 3.54. The van der Waals surface area contributed by atoms with E-state index in [2.05, 4.69) is 0 Å². The minimum atomic E-state index is -0.586. The summed E-state index contributed by atoms with van der Waals surface area (Å²) in [6.07, 6.45) is 0. The molecule has 1 aromatic rings. The normalized spacial score (nSPS) is 15.7. The number of benzene rings is 1. The second-order valence-corrected chi connectivity index (χ2v) is 7.31. The van der Waals surface area contributed by atoms with Gasteiger partial charge in [0, 0.05) is 37.6 Å². The van der Waals surface area contributed by atoms with E-state index in [0.29, 0.717) is 41.8 Å². The molecule has 1 heterocycles. The third kappa shape index (κ3) is 4.11. The highest BCUT2D eigenvalue weighted by atomic mass is 35.5. The average molecular weight is 378 g/mol. The molecule has 0 aromatic heterocycles. The molecule has 0 saturated carbocycles. The van der Waals surface area contributed by atoms with Crippen LogP contribution in [0.5, 0.6) is 0 Å². The Morgan fingerprint density at radius 1 is 1.04 bits per heavy atom. The Hall–Kier alpha value is -0.970. The van der Waals surface area contributed by atoms with Crippen molar-refractivity contribution in [1.29, 1.82) is 0 Å². The maximum absolute atomic E-state index is 12.5. The van der Waals surface area contributed by atoms with Gasteiger partial charge < -0.3 is 9.80 Å². The maximum atomic E-state index is 12.5. The second kappa shape index (κ2) is 7.29. The molecule has 2 amide bonds. The molecule has 1 aliphatic heterocycles. The fourth-order valence-electron chi connectivity index (χ4n) is 2.41. The van der Waals surface area contributed by atoms with E-state index in [9.17, 15) is 9.59 Å². The van der Waals surface area contributed by atoms with Gasteiger partial charge in [0.1, 0.15) is 0 Å². The van der Waals surface area contributed by atoms with Gasteiger partial charge in [0.2, 0.25) is 5.91 Å². The molecule has 1 fully saturated rings. The van der Waals surface area contributed by atoms with Crippen LogP contribution in [0.25, 0.3) is 0 Å². The standard InChI is InChI=1S/C16H19Cl3N2O2/c1-16(2,10-17)15(23)21-7-5-20(6-8-21)14(22)11-3-4-12(18)13(19)9-11/h3-4,9H,5-8,10H2,1-2H3. The number of halogens is 3. The Bertz CT molecular complexity index is 611. The van der Waals surface area contributed by atoms with E-state index >= 15 is 0 Å². The lowest BCUT2D eigenvalue weighted by molar-refractivity contribution is -0.140. The molecular formula is C16H19Cl3N2O2. The van der Waals surface area contributed by atoms with Gasteiger partial charge in [-0.25, -0.2) is 0 Å². The van der Waals surface area contributed by atoms with Crippen molar-refractivity contribution in [1.82, 2.24) is 9.80 Å². The van der Waals surface area contributed by atoms with Crippen LogP contribution in [0.15, 0.2) is 18.2 Å². The molecular weight excluding hydrogens is 359 g/mol. The molecule has 1 saturated heterocycles. The fourth-order valence-corrected chi connectivity index (χ4v) is 2.82. The van der Waals surface area contributed by atoms with Gasteiger partial charge in [-0.05, 0) is 32.0 Å². The van der Waals surface area contributed by atoms with Crippen molar-refractivity contribution in [3.63, 3.8) is 0 Å². The molecule has 0 radical (unpaired) electrons. The number of nitrogens with zero attached hydrogens (tertiary/aromatic N) is 2. The zero-order valence-electron chi connectivity index (χ0n) is 13.1. The van der Waals surface area contributed by atoms with E-state index in [1.807, 2.05) is 13.8 Å². The number of rotatable bonds is 3. The Labute approximate surface area is 151 Å². The van der Waals surface area contributed by atoms with Crippen LogP contribution in [0.2, 0.25) is 10.0 Å². The van der Waals surface area contributed by atoms with Gasteiger partial charge in [-0.15, -0.1) is 11.6 Å². The van der Waals surface area contributed by atoms with Crippen molar-refractivity contribution in [2.24, 2.45) is 5.41 Å². The minimum Gasteiger partial charge on any atom is -0.339 e. The number of piperazine rings is 1. The van der Waals surface area contributed by atoms with Crippen LogP contribution in [0.3, 0.4) is 0 Å². The zero-order chi connectivity index (χ0) is 17.2. The quantitative estimate of drug-likeness (QED) is 0.756. The number of hydrogen-bond acceptors (Lipinski definition) is 2. The number of alkyl halides is 1. The first-order valence-corrected chi connectivity index (χ1v) is 8.65. The number of carbonyl (C=O) groups is 2. The predicted molar refractivity (Wildman–Crippen MR) is 93.4 cm³/mol. The highest BCUT2D eigenvalue weighted by Crippen LogP contribution is 2.24. The van der Waals surface area contributed by atoms with Crippen LogP contribution >= 0.6 is 34.8 Å². The van der Waals surface area contributed by atoms with E-state index in [1.54, 1.807) is 28.0 Å². The molecule has 0 atom stereocenters. The van der Waals surface area contributed by atoms with Crippen LogP contribution in [-0.4, -0.2) is 53.7 Å². The van der Waals surface area contributed by atoms with Gasteiger partial charge in [0.05, 0.1) is 15.5 Å². The summed E-state index contributed by atoms with van der Waals surface area (Å²) in [6, 6.07) is 4.84. The van der Waals surface area contributed by atoms with Crippen molar-refractivity contribution < 1.29 is 9.59 Å². The van der Waals surface area contributed by atoms with E-state index in [0.717, 1.165) is 0 Å². The monoisotopic (exact) mass is 376 g/mol. The molecule has 2 rings (SSSR count). The molecule has 0 N–H and O–H groups in total. The summed E-state index contributed by atoms with van der Waals surface area (Å²) in [7, 11) is 0. The Balaban J connectivity index is 2.00. The first kappa shape index (κ1) is 18.4. The molecule has 4 nitrogen and oxygen atoms in total. The maximum Gasteiger partial charge on any atom is 0.254 e. The Morgan fingerprint density at radius 2 is 1.61 bits per heavy atom. The summed E-state index contributed by atoms with van der Waals surface area (Å²) in [6.45, 7) is 5.65. The molecule has 0 bridgehead atoms. The topological polar surface area (TPSA) is 40.6 Å². The van der Waals surface area contributed by atoms with Crippen molar-refractivity contribution in [2.45, 2.75) is 13.8 Å². The van der Waals surface area contributed by atoms with Crippen LogP contribution in [0.4, 0.5) is 0 Å². The summed E-state index contributed by atoms with van der Waals surface area (Å²) in [5.41, 5.74) is -0.0856. The third-order valence-electron chi connectivity index (χ3n) is 3.93. The molecule has 0 spiro atoms. The highest BCUT2D eigenvalue weighted by molar-refractivity contribution is 6.42. The largest absolute Gasteiger partial charge is 0.339 e. The first-order valence-electron chi connectivity index (χ1n) is 7.36. The number of carbonyl (C=O) groups excluding carboxylic acids is 2. The van der Waals surface area contributed by atoms with Crippen molar-refractivity contribution in [2.75, 3.05) is 32.1 Å². The van der Waals surface area contributed by atoms with Crippen LogP contribution in [0, 0.1) is 5.41 Å². The summed E-state index contributed by atoms with van der Waals surface area (Å²) in [4.78, 5) is 28.4. The number of amides is 2. The molecule has 126 valence electrons. The second-order valence-electron chi connectivity index (χ2n) is 6.23. The van der Waals surface area contributed by atoms with Gasteiger partial charge in [-0.3, -0.25) is 9.59 Å². The molecule has 23 heavy (non-hydrogen) atoms. The average Bonchev–Trinajstić information content (AvgIpc) is 2.56. The minimum absolute atomic E-state index is 0.0223. The molecule has 0 unspecified atom stereocenters. The smallest absolute Gasteiger partial charge is 0.254 e. The lowest BCUT2D eigenvalue weighted by Gasteiger charge is -2.38. The van der Waals surface area contributed by atoms with Crippen LogP contribution in [0.1, 0.15) is 24.2 Å². The van der Waals surface area contributed by atoms with E-state index in [1.165, 1.54) is 0 Å². The van der Waals surface area contributed by atoms with Gasteiger partial charge >= 0.3 is 0 Å².